The van der Waals surface area contributed by atoms with Gasteiger partial charge in [0.25, 0.3) is 0 Å². The van der Waals surface area contributed by atoms with Crippen LogP contribution in [0, 0.1) is 5.92 Å². The van der Waals surface area contributed by atoms with Crippen molar-refractivity contribution in [2.24, 2.45) is 11.7 Å². The molecule has 2 N–H and O–H groups in total. The third kappa shape index (κ3) is 2.92. The SMILES string of the molecule is N[C@H](CC1CC1)c1ccccc1OC(F)F. The summed E-state index contributed by atoms with van der Waals surface area (Å²) in [4.78, 5) is 0. The van der Waals surface area contributed by atoms with Crippen LogP contribution in [0.2, 0.25) is 0 Å². The Morgan fingerprint density at radius 3 is 2.62 bits per heavy atom. The zero-order valence-electron chi connectivity index (χ0n) is 8.90. The molecule has 0 spiro atoms. The molecule has 0 heterocycles. The highest BCUT2D eigenvalue weighted by atomic mass is 19.3. The maximum absolute atomic E-state index is 12.2. The molecule has 1 aromatic carbocycles. The summed E-state index contributed by atoms with van der Waals surface area (Å²) in [5.74, 6) is 0.861. The molecule has 0 saturated heterocycles. The van der Waals surface area contributed by atoms with E-state index in [1.54, 1.807) is 18.2 Å². The molecule has 2 nitrogen and oxygen atoms in total. The zero-order valence-corrected chi connectivity index (χ0v) is 8.90. The van der Waals surface area contributed by atoms with Gasteiger partial charge in [-0.25, -0.2) is 0 Å². The van der Waals surface area contributed by atoms with Crippen molar-refractivity contribution in [2.45, 2.75) is 31.9 Å². The van der Waals surface area contributed by atoms with Crippen LogP contribution >= 0.6 is 0 Å². The number of hydrogen-bond acceptors (Lipinski definition) is 2. The van der Waals surface area contributed by atoms with E-state index in [0.29, 0.717) is 11.5 Å². The van der Waals surface area contributed by atoms with Crippen LogP contribution in [0.3, 0.4) is 0 Å². The van der Waals surface area contributed by atoms with Crippen molar-refractivity contribution in [3.8, 4) is 5.75 Å². The van der Waals surface area contributed by atoms with Gasteiger partial charge in [0, 0.05) is 11.6 Å². The van der Waals surface area contributed by atoms with E-state index in [4.69, 9.17) is 5.73 Å². The molecule has 0 unspecified atom stereocenters. The van der Waals surface area contributed by atoms with Crippen molar-refractivity contribution in [1.82, 2.24) is 0 Å². The smallest absolute Gasteiger partial charge is 0.387 e. The molecule has 2 rings (SSSR count). The van der Waals surface area contributed by atoms with Crippen LogP contribution in [0.5, 0.6) is 5.75 Å². The van der Waals surface area contributed by atoms with Crippen molar-refractivity contribution in [1.29, 1.82) is 0 Å². The molecular weight excluding hydrogens is 212 g/mol. The summed E-state index contributed by atoms with van der Waals surface area (Å²) in [5.41, 5.74) is 6.66. The van der Waals surface area contributed by atoms with Crippen LogP contribution in [0.15, 0.2) is 24.3 Å². The predicted molar refractivity (Wildman–Crippen MR) is 57.3 cm³/mol. The maximum atomic E-state index is 12.2. The molecule has 1 aromatic rings. The number of rotatable bonds is 5. The fourth-order valence-electron chi connectivity index (χ4n) is 1.83. The lowest BCUT2D eigenvalue weighted by Gasteiger charge is -2.16. The maximum Gasteiger partial charge on any atom is 0.387 e. The van der Waals surface area contributed by atoms with Crippen LogP contribution in [0.1, 0.15) is 30.9 Å². The number of halogens is 2. The van der Waals surface area contributed by atoms with E-state index < -0.39 is 6.61 Å². The van der Waals surface area contributed by atoms with Crippen LogP contribution < -0.4 is 10.5 Å². The molecule has 4 heteroatoms. The molecule has 0 amide bonds. The fraction of sp³-hybridized carbons (Fsp3) is 0.500. The average molecular weight is 227 g/mol. The number of benzene rings is 1. The molecule has 1 aliphatic carbocycles. The van der Waals surface area contributed by atoms with Crippen molar-refractivity contribution >= 4 is 0 Å². The first kappa shape index (κ1) is 11.3. The number of alkyl halides is 2. The van der Waals surface area contributed by atoms with Crippen LogP contribution in [-0.4, -0.2) is 6.61 Å². The molecule has 1 atom stereocenters. The highest BCUT2D eigenvalue weighted by Crippen LogP contribution is 2.38. The molecular formula is C12H15F2NO. The van der Waals surface area contributed by atoms with Crippen LogP contribution in [-0.2, 0) is 0 Å². The highest BCUT2D eigenvalue weighted by molar-refractivity contribution is 5.35. The van der Waals surface area contributed by atoms with Gasteiger partial charge in [0.05, 0.1) is 0 Å². The largest absolute Gasteiger partial charge is 0.434 e. The minimum Gasteiger partial charge on any atom is -0.434 e. The second kappa shape index (κ2) is 4.78. The van der Waals surface area contributed by atoms with Crippen LogP contribution in [0.25, 0.3) is 0 Å². The predicted octanol–water partition coefficient (Wildman–Crippen LogP) is 3.09. The Balaban J connectivity index is 2.10. The molecule has 0 bridgehead atoms. The van der Waals surface area contributed by atoms with E-state index in [9.17, 15) is 8.78 Å². The number of ether oxygens (including phenoxy) is 1. The second-order valence-corrected chi connectivity index (χ2v) is 4.20. The number of para-hydroxylation sites is 1. The van der Waals surface area contributed by atoms with Gasteiger partial charge in [-0.1, -0.05) is 31.0 Å². The van der Waals surface area contributed by atoms with Gasteiger partial charge in [0.1, 0.15) is 5.75 Å². The van der Waals surface area contributed by atoms with Gasteiger partial charge in [-0.15, -0.1) is 0 Å². The van der Waals surface area contributed by atoms with Gasteiger partial charge >= 0.3 is 6.61 Å². The first-order valence-electron chi connectivity index (χ1n) is 5.46. The third-order valence-electron chi connectivity index (χ3n) is 2.82. The Hall–Kier alpha value is -1.16. The molecule has 0 aliphatic heterocycles. The molecule has 1 aliphatic rings. The molecule has 1 fully saturated rings. The average Bonchev–Trinajstić information content (AvgIpc) is 3.01. The van der Waals surface area contributed by atoms with Gasteiger partial charge in [-0.2, -0.15) is 8.78 Å². The topological polar surface area (TPSA) is 35.2 Å². The Morgan fingerprint density at radius 2 is 2.00 bits per heavy atom. The van der Waals surface area contributed by atoms with Crippen LogP contribution in [0.4, 0.5) is 8.78 Å². The standard InChI is InChI=1S/C12H15F2NO/c13-12(14)16-11-4-2-1-3-9(11)10(15)7-8-5-6-8/h1-4,8,10,12H,5-7,15H2/t10-/m1/s1. The Morgan fingerprint density at radius 1 is 1.31 bits per heavy atom. The van der Waals surface area contributed by atoms with Crippen molar-refractivity contribution in [3.05, 3.63) is 29.8 Å². The van der Waals surface area contributed by atoms with Crippen molar-refractivity contribution in [2.75, 3.05) is 0 Å². The quantitative estimate of drug-likeness (QED) is 0.838. The fourth-order valence-corrected chi connectivity index (χ4v) is 1.83. The lowest BCUT2D eigenvalue weighted by molar-refractivity contribution is -0.0506. The van der Waals surface area contributed by atoms with E-state index >= 15 is 0 Å². The summed E-state index contributed by atoms with van der Waals surface area (Å²) in [6, 6.07) is 6.55. The number of hydrogen-bond donors (Lipinski definition) is 1. The normalized spacial score (nSPS) is 17.5. The first-order chi connectivity index (χ1) is 7.66. The van der Waals surface area contributed by atoms with E-state index in [2.05, 4.69) is 4.74 Å². The Bertz CT molecular complexity index is 353. The van der Waals surface area contributed by atoms with E-state index in [1.165, 1.54) is 18.9 Å². The van der Waals surface area contributed by atoms with Crippen molar-refractivity contribution in [3.63, 3.8) is 0 Å². The molecule has 0 radical (unpaired) electrons. The Labute approximate surface area is 93.4 Å². The zero-order chi connectivity index (χ0) is 11.5. The van der Waals surface area contributed by atoms with Gasteiger partial charge in [-0.3, -0.25) is 0 Å². The summed E-state index contributed by atoms with van der Waals surface area (Å²) in [6.45, 7) is -2.80. The molecule has 1 saturated carbocycles. The molecule has 88 valence electrons. The van der Waals surface area contributed by atoms with Gasteiger partial charge < -0.3 is 10.5 Å². The van der Waals surface area contributed by atoms with E-state index in [1.807, 2.05) is 0 Å². The summed E-state index contributed by atoms with van der Waals surface area (Å²) in [7, 11) is 0. The molecule has 0 aromatic heterocycles. The van der Waals surface area contributed by atoms with Gasteiger partial charge in [0.2, 0.25) is 0 Å². The third-order valence-corrected chi connectivity index (χ3v) is 2.82. The van der Waals surface area contributed by atoms with Gasteiger partial charge in [0.15, 0.2) is 0 Å². The summed E-state index contributed by atoms with van der Waals surface area (Å²) < 4.78 is 28.8. The lowest BCUT2D eigenvalue weighted by atomic mass is 10.0. The minimum atomic E-state index is -2.80. The Kier molecular flexibility index (Phi) is 3.39. The lowest BCUT2D eigenvalue weighted by Crippen LogP contribution is -2.14. The summed E-state index contributed by atoms with van der Waals surface area (Å²) in [5, 5.41) is 0. The van der Waals surface area contributed by atoms with Gasteiger partial charge in [-0.05, 0) is 18.4 Å². The minimum absolute atomic E-state index is 0.200. The van der Waals surface area contributed by atoms with Crippen molar-refractivity contribution < 1.29 is 13.5 Å². The second-order valence-electron chi connectivity index (χ2n) is 4.20. The first-order valence-corrected chi connectivity index (χ1v) is 5.46. The highest BCUT2D eigenvalue weighted by Gasteiger charge is 2.26. The van der Waals surface area contributed by atoms with E-state index in [-0.39, 0.29) is 11.8 Å². The summed E-state index contributed by atoms with van der Waals surface area (Å²) >= 11 is 0. The monoisotopic (exact) mass is 227 g/mol. The van der Waals surface area contributed by atoms with E-state index in [0.717, 1.165) is 6.42 Å². The molecule has 16 heavy (non-hydrogen) atoms. The summed E-state index contributed by atoms with van der Waals surface area (Å²) in [6.07, 6.45) is 3.25. The number of nitrogens with two attached hydrogens (primary N) is 1.